The van der Waals surface area contributed by atoms with Gasteiger partial charge in [-0.1, -0.05) is 0 Å². The maximum absolute atomic E-state index is 4.66. The van der Waals surface area contributed by atoms with Crippen molar-refractivity contribution in [3.8, 4) is 11.3 Å². The van der Waals surface area contributed by atoms with Gasteiger partial charge in [-0.15, -0.1) is 0 Å². The van der Waals surface area contributed by atoms with Crippen molar-refractivity contribution in [3.05, 3.63) is 42.6 Å². The SMILES string of the molecule is Cc1nc(-c2cn[nH]c2)cc2[nH]c3ccncc3c12. The normalized spacial score (nSPS) is 11.4. The number of rotatable bonds is 1. The second-order valence-electron chi connectivity index (χ2n) is 4.55. The summed E-state index contributed by atoms with van der Waals surface area (Å²) in [7, 11) is 0. The molecule has 0 fully saturated rings. The maximum Gasteiger partial charge on any atom is 0.0757 e. The molecular formula is C14H11N5. The molecule has 0 bridgehead atoms. The van der Waals surface area contributed by atoms with Gasteiger partial charge in [0.15, 0.2) is 0 Å². The topological polar surface area (TPSA) is 70.2 Å². The Bertz CT molecular complexity index is 874. The lowest BCUT2D eigenvalue weighted by Gasteiger charge is -2.01. The van der Waals surface area contributed by atoms with E-state index in [0.29, 0.717) is 0 Å². The minimum Gasteiger partial charge on any atom is -0.354 e. The Labute approximate surface area is 108 Å². The van der Waals surface area contributed by atoms with Crippen molar-refractivity contribution in [3.63, 3.8) is 0 Å². The molecule has 0 aromatic carbocycles. The fourth-order valence-corrected chi connectivity index (χ4v) is 2.50. The zero-order valence-corrected chi connectivity index (χ0v) is 10.3. The Morgan fingerprint density at radius 2 is 2.11 bits per heavy atom. The van der Waals surface area contributed by atoms with Gasteiger partial charge in [-0.05, 0) is 19.1 Å². The quantitative estimate of drug-likeness (QED) is 0.545. The third-order valence-corrected chi connectivity index (χ3v) is 3.35. The average Bonchev–Trinajstić information content (AvgIpc) is 3.05. The van der Waals surface area contributed by atoms with Crippen molar-refractivity contribution in [2.24, 2.45) is 0 Å². The molecule has 0 radical (unpaired) electrons. The van der Waals surface area contributed by atoms with Crippen LogP contribution in [0.4, 0.5) is 0 Å². The van der Waals surface area contributed by atoms with Gasteiger partial charge in [0.05, 0.1) is 17.4 Å². The van der Waals surface area contributed by atoms with E-state index in [4.69, 9.17) is 0 Å². The number of fused-ring (bicyclic) bond motifs is 3. The average molecular weight is 249 g/mol. The van der Waals surface area contributed by atoms with Crippen molar-refractivity contribution < 1.29 is 0 Å². The molecule has 0 unspecified atom stereocenters. The number of aromatic amines is 2. The van der Waals surface area contributed by atoms with Crippen LogP contribution in [0.5, 0.6) is 0 Å². The second kappa shape index (κ2) is 3.65. The van der Waals surface area contributed by atoms with Crippen LogP contribution in [-0.2, 0) is 0 Å². The van der Waals surface area contributed by atoms with E-state index in [2.05, 4.69) is 25.1 Å². The van der Waals surface area contributed by atoms with Gasteiger partial charge < -0.3 is 4.98 Å². The van der Waals surface area contributed by atoms with Gasteiger partial charge in [-0.3, -0.25) is 15.1 Å². The molecule has 5 heteroatoms. The van der Waals surface area contributed by atoms with E-state index in [1.165, 1.54) is 0 Å². The maximum atomic E-state index is 4.66. The first-order valence-corrected chi connectivity index (χ1v) is 6.05. The van der Waals surface area contributed by atoms with Crippen molar-refractivity contribution in [2.45, 2.75) is 6.92 Å². The molecule has 0 saturated heterocycles. The third kappa shape index (κ3) is 1.45. The number of nitrogens with zero attached hydrogens (tertiary/aromatic N) is 3. The zero-order valence-electron chi connectivity index (χ0n) is 10.3. The summed E-state index contributed by atoms with van der Waals surface area (Å²) in [4.78, 5) is 12.3. The smallest absolute Gasteiger partial charge is 0.0757 e. The van der Waals surface area contributed by atoms with Crippen LogP contribution in [0.3, 0.4) is 0 Å². The van der Waals surface area contributed by atoms with Crippen LogP contribution in [0.15, 0.2) is 36.9 Å². The van der Waals surface area contributed by atoms with Crippen LogP contribution >= 0.6 is 0 Å². The lowest BCUT2D eigenvalue weighted by molar-refractivity contribution is 1.09. The van der Waals surface area contributed by atoms with Crippen molar-refractivity contribution >= 4 is 21.8 Å². The first-order valence-electron chi connectivity index (χ1n) is 6.05. The molecule has 4 aromatic rings. The molecule has 0 saturated carbocycles. The van der Waals surface area contributed by atoms with E-state index in [1.807, 2.05) is 31.5 Å². The van der Waals surface area contributed by atoms with E-state index < -0.39 is 0 Å². The fraction of sp³-hybridized carbons (Fsp3) is 0.0714. The Kier molecular flexibility index (Phi) is 1.97. The Morgan fingerprint density at radius 1 is 1.16 bits per heavy atom. The van der Waals surface area contributed by atoms with Crippen LogP contribution in [0.25, 0.3) is 33.1 Å². The molecule has 2 N–H and O–H groups in total. The molecule has 19 heavy (non-hydrogen) atoms. The lowest BCUT2D eigenvalue weighted by Crippen LogP contribution is -1.87. The molecule has 0 aliphatic rings. The molecule has 4 rings (SSSR count). The lowest BCUT2D eigenvalue weighted by atomic mass is 10.1. The highest BCUT2D eigenvalue weighted by Gasteiger charge is 2.10. The minimum atomic E-state index is 0.915. The van der Waals surface area contributed by atoms with Crippen LogP contribution < -0.4 is 0 Å². The molecule has 92 valence electrons. The summed E-state index contributed by atoms with van der Waals surface area (Å²) in [6, 6.07) is 4.03. The Balaban J connectivity index is 2.10. The summed E-state index contributed by atoms with van der Waals surface area (Å²) in [5.41, 5.74) is 5.05. The summed E-state index contributed by atoms with van der Waals surface area (Å²) in [5, 5.41) is 9.02. The first kappa shape index (κ1) is 10.3. The van der Waals surface area contributed by atoms with Gasteiger partial charge in [0.1, 0.15) is 0 Å². The van der Waals surface area contributed by atoms with E-state index in [1.54, 1.807) is 12.4 Å². The summed E-state index contributed by atoms with van der Waals surface area (Å²) in [6.07, 6.45) is 7.29. The second-order valence-corrected chi connectivity index (χ2v) is 4.55. The fourth-order valence-electron chi connectivity index (χ4n) is 2.50. The summed E-state index contributed by atoms with van der Waals surface area (Å²) in [6.45, 7) is 2.02. The van der Waals surface area contributed by atoms with Gasteiger partial charge in [0.25, 0.3) is 0 Å². The highest BCUT2D eigenvalue weighted by Crippen LogP contribution is 2.29. The van der Waals surface area contributed by atoms with Crippen molar-refractivity contribution in [1.82, 2.24) is 25.1 Å². The van der Waals surface area contributed by atoms with E-state index in [0.717, 1.165) is 38.8 Å². The van der Waals surface area contributed by atoms with Gasteiger partial charge in [-0.25, -0.2) is 0 Å². The predicted octanol–water partition coefficient (Wildman–Crippen LogP) is 2.81. The zero-order chi connectivity index (χ0) is 12.8. The summed E-state index contributed by atoms with van der Waals surface area (Å²) >= 11 is 0. The number of pyridine rings is 2. The van der Waals surface area contributed by atoms with Crippen LogP contribution in [0, 0.1) is 6.92 Å². The predicted molar refractivity (Wildman–Crippen MR) is 73.7 cm³/mol. The number of H-pyrrole nitrogens is 2. The monoisotopic (exact) mass is 249 g/mol. The number of aromatic nitrogens is 5. The van der Waals surface area contributed by atoms with Crippen LogP contribution in [0.2, 0.25) is 0 Å². The molecule has 0 aliphatic heterocycles. The van der Waals surface area contributed by atoms with Crippen molar-refractivity contribution in [1.29, 1.82) is 0 Å². The number of nitrogens with one attached hydrogen (secondary N) is 2. The van der Waals surface area contributed by atoms with Gasteiger partial charge in [0.2, 0.25) is 0 Å². The first-order chi connectivity index (χ1) is 9.33. The Morgan fingerprint density at radius 3 is 2.95 bits per heavy atom. The minimum absolute atomic E-state index is 0.915. The highest BCUT2D eigenvalue weighted by molar-refractivity contribution is 6.08. The molecule has 0 aliphatic carbocycles. The van der Waals surface area contributed by atoms with Gasteiger partial charge in [0, 0.05) is 46.1 Å². The number of hydrogen-bond donors (Lipinski definition) is 2. The summed E-state index contributed by atoms with van der Waals surface area (Å²) < 4.78 is 0. The molecule has 0 amide bonds. The summed E-state index contributed by atoms with van der Waals surface area (Å²) in [5.74, 6) is 0. The molecule has 0 atom stereocenters. The van der Waals surface area contributed by atoms with Crippen molar-refractivity contribution in [2.75, 3.05) is 0 Å². The van der Waals surface area contributed by atoms with E-state index >= 15 is 0 Å². The van der Waals surface area contributed by atoms with E-state index in [9.17, 15) is 0 Å². The van der Waals surface area contributed by atoms with Gasteiger partial charge >= 0.3 is 0 Å². The molecule has 0 spiro atoms. The number of hydrogen-bond acceptors (Lipinski definition) is 3. The van der Waals surface area contributed by atoms with Crippen LogP contribution in [0.1, 0.15) is 5.69 Å². The highest BCUT2D eigenvalue weighted by atomic mass is 15.1. The number of aryl methyl sites for hydroxylation is 1. The van der Waals surface area contributed by atoms with Gasteiger partial charge in [-0.2, -0.15) is 5.10 Å². The largest absolute Gasteiger partial charge is 0.354 e. The third-order valence-electron chi connectivity index (χ3n) is 3.35. The van der Waals surface area contributed by atoms with Crippen LogP contribution in [-0.4, -0.2) is 25.1 Å². The molecule has 4 aromatic heterocycles. The standard InChI is InChI=1S/C14H11N5/c1-8-14-10-7-15-3-2-11(10)19-13(14)4-12(18-8)9-5-16-17-6-9/h2-7,19H,1H3,(H,16,17). The molecule has 5 nitrogen and oxygen atoms in total. The Hall–Kier alpha value is -2.69. The molecular weight excluding hydrogens is 238 g/mol. The van der Waals surface area contributed by atoms with E-state index in [-0.39, 0.29) is 0 Å². The molecule has 4 heterocycles.